The summed E-state index contributed by atoms with van der Waals surface area (Å²) >= 11 is 5.22. The molecule has 3 N–H and O–H groups in total. The maximum absolute atomic E-state index is 13.8. The minimum Gasteiger partial charge on any atom is -0.497 e. The number of rotatable bonds is 5. The molecule has 1 aliphatic heterocycles. The van der Waals surface area contributed by atoms with Crippen LogP contribution in [0.3, 0.4) is 0 Å². The van der Waals surface area contributed by atoms with Crippen LogP contribution in [0, 0.1) is 5.82 Å². The molecule has 0 radical (unpaired) electrons. The molecule has 0 saturated carbocycles. The molecule has 3 rings (SSSR count). The highest BCUT2D eigenvalue weighted by atomic mass is 32.1. The topological polar surface area (TPSA) is 71.6 Å². The smallest absolute Gasteiger partial charge is 0.255 e. The zero-order chi connectivity index (χ0) is 20.3. The van der Waals surface area contributed by atoms with E-state index in [2.05, 4.69) is 16.0 Å². The summed E-state index contributed by atoms with van der Waals surface area (Å²) in [6.45, 7) is 1.75. The zero-order valence-corrected chi connectivity index (χ0v) is 16.4. The molecule has 1 atom stereocenters. The van der Waals surface area contributed by atoms with Crippen molar-refractivity contribution in [2.75, 3.05) is 19.5 Å². The predicted octanol–water partition coefficient (Wildman–Crippen LogP) is 3.27. The summed E-state index contributed by atoms with van der Waals surface area (Å²) in [4.78, 5) is 13.1. The number of anilines is 1. The standard InChI is InChI=1S/C20H20FN3O3S/c1-11-17(18(24-20(28)22-11)12-5-4-6-13(21)9-12)19(25)23-15-10-14(26-2)7-8-16(15)27-3/h4-10,18H,1-3H3,(H,23,25)(H2,22,24,28)/t18-/m1/s1. The molecule has 0 aliphatic carbocycles. The fourth-order valence-electron chi connectivity index (χ4n) is 3.03. The largest absolute Gasteiger partial charge is 0.497 e. The Kier molecular flexibility index (Phi) is 5.79. The van der Waals surface area contributed by atoms with Gasteiger partial charge in [-0.2, -0.15) is 0 Å². The molecule has 0 fully saturated rings. The molecule has 8 heteroatoms. The van der Waals surface area contributed by atoms with Crippen LogP contribution in [0.5, 0.6) is 11.5 Å². The maximum atomic E-state index is 13.8. The predicted molar refractivity (Wildman–Crippen MR) is 109 cm³/mol. The SMILES string of the molecule is COc1ccc(OC)c(NC(=O)C2=C(C)NC(=S)N[C@@H]2c2cccc(F)c2)c1. The van der Waals surface area contributed by atoms with Gasteiger partial charge in [0.2, 0.25) is 0 Å². The molecule has 0 unspecified atom stereocenters. The van der Waals surface area contributed by atoms with E-state index in [1.54, 1.807) is 37.3 Å². The van der Waals surface area contributed by atoms with E-state index in [9.17, 15) is 9.18 Å². The van der Waals surface area contributed by atoms with Crippen LogP contribution in [0.4, 0.5) is 10.1 Å². The van der Waals surface area contributed by atoms with E-state index < -0.39 is 11.9 Å². The molecule has 146 valence electrons. The summed E-state index contributed by atoms with van der Waals surface area (Å²) in [5.41, 5.74) is 2.02. The highest BCUT2D eigenvalue weighted by molar-refractivity contribution is 7.80. The second kappa shape index (κ2) is 8.26. The van der Waals surface area contributed by atoms with Crippen molar-refractivity contribution in [3.8, 4) is 11.5 Å². The monoisotopic (exact) mass is 401 g/mol. The van der Waals surface area contributed by atoms with Crippen LogP contribution < -0.4 is 25.4 Å². The summed E-state index contributed by atoms with van der Waals surface area (Å²) in [5.74, 6) is 0.294. The lowest BCUT2D eigenvalue weighted by Gasteiger charge is -2.30. The number of amides is 1. The van der Waals surface area contributed by atoms with Crippen molar-refractivity contribution in [2.45, 2.75) is 13.0 Å². The van der Waals surface area contributed by atoms with E-state index >= 15 is 0 Å². The van der Waals surface area contributed by atoms with E-state index in [4.69, 9.17) is 21.7 Å². The number of hydrogen-bond acceptors (Lipinski definition) is 4. The summed E-state index contributed by atoms with van der Waals surface area (Å²) in [6, 6.07) is 10.6. The number of methoxy groups -OCH3 is 2. The summed E-state index contributed by atoms with van der Waals surface area (Å²) in [7, 11) is 3.05. The van der Waals surface area contributed by atoms with Gasteiger partial charge in [-0.3, -0.25) is 4.79 Å². The summed E-state index contributed by atoms with van der Waals surface area (Å²) in [5, 5.41) is 9.20. The minimum atomic E-state index is -0.596. The van der Waals surface area contributed by atoms with Gasteiger partial charge in [0, 0.05) is 11.8 Å². The lowest BCUT2D eigenvalue weighted by atomic mass is 9.95. The third-order valence-corrected chi connectivity index (χ3v) is 4.57. The number of allylic oxidation sites excluding steroid dienone is 1. The van der Waals surface area contributed by atoms with E-state index in [0.717, 1.165) is 0 Å². The van der Waals surface area contributed by atoms with Crippen LogP contribution in [0.1, 0.15) is 18.5 Å². The number of thiocarbonyl (C=S) groups is 1. The van der Waals surface area contributed by atoms with Crippen molar-refractivity contribution in [3.05, 3.63) is 65.1 Å². The Labute approximate surface area is 167 Å². The Morgan fingerprint density at radius 3 is 2.64 bits per heavy atom. The Hall–Kier alpha value is -3.13. The third-order valence-electron chi connectivity index (χ3n) is 4.35. The number of nitrogens with one attached hydrogen (secondary N) is 3. The molecule has 0 aromatic heterocycles. The maximum Gasteiger partial charge on any atom is 0.255 e. The second-order valence-corrected chi connectivity index (χ2v) is 6.55. The number of benzene rings is 2. The fourth-order valence-corrected chi connectivity index (χ4v) is 3.30. The van der Waals surface area contributed by atoms with Crippen LogP contribution in [0.15, 0.2) is 53.7 Å². The van der Waals surface area contributed by atoms with Crippen LogP contribution >= 0.6 is 12.2 Å². The lowest BCUT2D eigenvalue weighted by Crippen LogP contribution is -2.45. The number of hydrogen-bond donors (Lipinski definition) is 3. The molecule has 1 heterocycles. The third kappa shape index (κ3) is 4.07. The van der Waals surface area contributed by atoms with Crippen LogP contribution in [-0.2, 0) is 4.79 Å². The number of carbonyl (C=O) groups excluding carboxylic acids is 1. The Morgan fingerprint density at radius 2 is 1.96 bits per heavy atom. The molecule has 0 bridgehead atoms. The Balaban J connectivity index is 1.98. The lowest BCUT2D eigenvalue weighted by molar-refractivity contribution is -0.113. The fraction of sp³-hybridized carbons (Fsp3) is 0.200. The molecule has 0 saturated heterocycles. The van der Waals surface area contributed by atoms with E-state index in [1.165, 1.54) is 26.4 Å². The van der Waals surface area contributed by atoms with Gasteiger partial charge in [0.25, 0.3) is 5.91 Å². The molecule has 1 aliphatic rings. The van der Waals surface area contributed by atoms with Crippen LogP contribution in [0.2, 0.25) is 0 Å². The molecule has 2 aromatic carbocycles. The van der Waals surface area contributed by atoms with Gasteiger partial charge in [-0.05, 0) is 49.0 Å². The summed E-state index contributed by atoms with van der Waals surface area (Å²) < 4.78 is 24.3. The molecular weight excluding hydrogens is 381 g/mol. The molecule has 1 amide bonds. The second-order valence-electron chi connectivity index (χ2n) is 6.15. The van der Waals surface area contributed by atoms with Gasteiger partial charge < -0.3 is 25.4 Å². The number of carbonyl (C=O) groups is 1. The highest BCUT2D eigenvalue weighted by Gasteiger charge is 2.30. The van der Waals surface area contributed by atoms with Crippen molar-refractivity contribution in [1.29, 1.82) is 0 Å². The van der Waals surface area contributed by atoms with E-state index in [1.807, 2.05) is 0 Å². The first kappa shape index (κ1) is 19.6. The van der Waals surface area contributed by atoms with Crippen molar-refractivity contribution in [3.63, 3.8) is 0 Å². The van der Waals surface area contributed by atoms with Gasteiger partial charge in [0.05, 0.1) is 31.5 Å². The molecular formula is C20H20FN3O3S. The normalized spacial score (nSPS) is 16.1. The molecule has 6 nitrogen and oxygen atoms in total. The van der Waals surface area contributed by atoms with Gasteiger partial charge in [0.1, 0.15) is 17.3 Å². The van der Waals surface area contributed by atoms with Gasteiger partial charge in [-0.15, -0.1) is 0 Å². The Bertz CT molecular complexity index is 961. The number of halogens is 1. The van der Waals surface area contributed by atoms with Crippen LogP contribution in [-0.4, -0.2) is 25.2 Å². The van der Waals surface area contributed by atoms with Gasteiger partial charge >= 0.3 is 0 Å². The minimum absolute atomic E-state index is 0.363. The zero-order valence-electron chi connectivity index (χ0n) is 15.6. The Morgan fingerprint density at radius 1 is 1.18 bits per heavy atom. The van der Waals surface area contributed by atoms with Gasteiger partial charge in [-0.25, -0.2) is 4.39 Å². The summed E-state index contributed by atoms with van der Waals surface area (Å²) in [6.07, 6.45) is 0. The molecule has 0 spiro atoms. The van der Waals surface area contributed by atoms with Crippen molar-refractivity contribution in [1.82, 2.24) is 10.6 Å². The van der Waals surface area contributed by atoms with Crippen molar-refractivity contribution >= 4 is 28.9 Å². The van der Waals surface area contributed by atoms with Crippen molar-refractivity contribution < 1.29 is 18.7 Å². The highest BCUT2D eigenvalue weighted by Crippen LogP contribution is 2.32. The van der Waals surface area contributed by atoms with E-state index in [-0.39, 0.29) is 5.91 Å². The first-order valence-electron chi connectivity index (χ1n) is 8.50. The molecule has 2 aromatic rings. The van der Waals surface area contributed by atoms with Gasteiger partial charge in [-0.1, -0.05) is 12.1 Å². The molecule has 28 heavy (non-hydrogen) atoms. The van der Waals surface area contributed by atoms with Crippen molar-refractivity contribution in [2.24, 2.45) is 0 Å². The average molecular weight is 401 g/mol. The van der Waals surface area contributed by atoms with Crippen LogP contribution in [0.25, 0.3) is 0 Å². The average Bonchev–Trinajstić information content (AvgIpc) is 2.67. The first-order valence-corrected chi connectivity index (χ1v) is 8.91. The van der Waals surface area contributed by atoms with Gasteiger partial charge in [0.15, 0.2) is 5.11 Å². The number of ether oxygens (including phenoxy) is 2. The quantitative estimate of drug-likeness (QED) is 0.668. The van der Waals surface area contributed by atoms with E-state index in [0.29, 0.717) is 39.1 Å². The first-order chi connectivity index (χ1) is 13.4.